The van der Waals surface area contributed by atoms with Crippen LogP contribution in [0.1, 0.15) is 103 Å². The van der Waals surface area contributed by atoms with Crippen LogP contribution in [0, 0.1) is 0 Å². The van der Waals surface area contributed by atoms with Gasteiger partial charge in [-0.05, 0) is 6.42 Å². The highest BCUT2D eigenvalue weighted by Gasteiger charge is 2.41. The molecule has 120 valence electrons. The number of hydrogen-bond acceptors (Lipinski definition) is 2. The molecule has 0 aromatic rings. The van der Waals surface area contributed by atoms with E-state index in [2.05, 4.69) is 6.92 Å². The normalized spacial score (nSPS) is 21.3. The van der Waals surface area contributed by atoms with E-state index < -0.39 is 5.79 Å². The molecule has 1 aliphatic rings. The minimum absolute atomic E-state index is 0.561. The molecule has 0 spiro atoms. The quantitative estimate of drug-likeness (QED) is 0.315. The second kappa shape index (κ2) is 11.6. The van der Waals surface area contributed by atoms with Crippen molar-refractivity contribution < 1.29 is 9.84 Å². The fraction of sp³-hybridized carbons (Fsp3) is 1.00. The van der Waals surface area contributed by atoms with Gasteiger partial charge >= 0.3 is 0 Å². The third-order valence-corrected chi connectivity index (χ3v) is 4.40. The van der Waals surface area contributed by atoms with Crippen molar-refractivity contribution in [3.05, 3.63) is 0 Å². The van der Waals surface area contributed by atoms with Gasteiger partial charge in [-0.2, -0.15) is 0 Å². The van der Waals surface area contributed by atoms with Gasteiger partial charge in [-0.3, -0.25) is 0 Å². The zero-order valence-electron chi connectivity index (χ0n) is 13.7. The van der Waals surface area contributed by atoms with Crippen LogP contribution in [0.2, 0.25) is 0 Å². The molecule has 1 saturated heterocycles. The molecule has 0 radical (unpaired) electrons. The highest BCUT2D eigenvalue weighted by molar-refractivity contribution is 4.78. The summed E-state index contributed by atoms with van der Waals surface area (Å²) >= 11 is 0. The van der Waals surface area contributed by atoms with Crippen molar-refractivity contribution in [2.24, 2.45) is 0 Å². The molecule has 0 saturated carbocycles. The number of rotatable bonds is 15. The average molecular weight is 284 g/mol. The first kappa shape index (κ1) is 18.0. The van der Waals surface area contributed by atoms with Crippen molar-refractivity contribution >= 4 is 0 Å². The van der Waals surface area contributed by atoms with Crippen molar-refractivity contribution in [2.75, 3.05) is 6.61 Å². The third kappa shape index (κ3) is 10.7. The monoisotopic (exact) mass is 284 g/mol. The van der Waals surface area contributed by atoms with E-state index in [9.17, 15) is 5.11 Å². The van der Waals surface area contributed by atoms with Crippen LogP contribution in [-0.4, -0.2) is 17.5 Å². The van der Waals surface area contributed by atoms with E-state index in [0.717, 1.165) is 12.8 Å². The van der Waals surface area contributed by atoms with Gasteiger partial charge in [-0.25, -0.2) is 0 Å². The maximum Gasteiger partial charge on any atom is 0.189 e. The third-order valence-electron chi connectivity index (χ3n) is 4.40. The summed E-state index contributed by atoms with van der Waals surface area (Å²) in [7, 11) is 0. The van der Waals surface area contributed by atoms with Gasteiger partial charge in [0.2, 0.25) is 0 Å². The average Bonchev–Trinajstić information content (AvgIpc) is 3.17. The number of ether oxygens (including phenoxy) is 1. The molecule has 20 heavy (non-hydrogen) atoms. The molecule has 1 unspecified atom stereocenters. The van der Waals surface area contributed by atoms with Crippen LogP contribution >= 0.6 is 0 Å². The smallest absolute Gasteiger partial charge is 0.189 e. The molecule has 1 N–H and O–H groups in total. The Morgan fingerprint density at radius 1 is 0.700 bits per heavy atom. The second-order valence-electron chi connectivity index (χ2n) is 6.58. The summed E-state index contributed by atoms with van der Waals surface area (Å²) in [4.78, 5) is 0. The summed E-state index contributed by atoms with van der Waals surface area (Å²) in [5.74, 6) is -0.711. The molecule has 0 amide bonds. The zero-order valence-corrected chi connectivity index (χ0v) is 13.7. The lowest BCUT2D eigenvalue weighted by atomic mass is 10.0. The maximum absolute atomic E-state index is 9.50. The van der Waals surface area contributed by atoms with E-state index in [-0.39, 0.29) is 0 Å². The molecule has 0 bridgehead atoms. The number of unbranched alkanes of at least 4 members (excludes halogenated alkanes) is 13. The van der Waals surface area contributed by atoms with Gasteiger partial charge in [-0.1, -0.05) is 90.4 Å². The number of hydrogen-bond donors (Lipinski definition) is 1. The van der Waals surface area contributed by atoms with Crippen molar-refractivity contribution in [2.45, 2.75) is 109 Å². The number of aliphatic hydroxyl groups is 1. The molecule has 1 aliphatic heterocycles. The zero-order chi connectivity index (χ0) is 14.5. The van der Waals surface area contributed by atoms with Crippen LogP contribution in [0.5, 0.6) is 0 Å². The number of epoxide rings is 1. The van der Waals surface area contributed by atoms with E-state index in [1.54, 1.807) is 0 Å². The lowest BCUT2D eigenvalue weighted by molar-refractivity contribution is 0.0265. The molecule has 0 aromatic heterocycles. The van der Waals surface area contributed by atoms with Crippen LogP contribution in [0.4, 0.5) is 0 Å². The first-order valence-corrected chi connectivity index (χ1v) is 9.13. The molecule has 0 aromatic carbocycles. The van der Waals surface area contributed by atoms with Crippen LogP contribution < -0.4 is 0 Å². The van der Waals surface area contributed by atoms with Gasteiger partial charge in [0.15, 0.2) is 5.79 Å². The van der Waals surface area contributed by atoms with Gasteiger partial charge in [0.05, 0.1) is 0 Å². The predicted molar refractivity (Wildman–Crippen MR) is 85.8 cm³/mol. The van der Waals surface area contributed by atoms with E-state index in [0.29, 0.717) is 6.61 Å². The Morgan fingerprint density at radius 3 is 1.40 bits per heavy atom. The van der Waals surface area contributed by atoms with Crippen molar-refractivity contribution in [1.29, 1.82) is 0 Å². The van der Waals surface area contributed by atoms with Gasteiger partial charge in [-0.15, -0.1) is 0 Å². The Hall–Kier alpha value is -0.0800. The van der Waals surface area contributed by atoms with E-state index in [4.69, 9.17) is 4.74 Å². The fourth-order valence-electron chi connectivity index (χ4n) is 2.82. The van der Waals surface area contributed by atoms with Gasteiger partial charge < -0.3 is 9.84 Å². The summed E-state index contributed by atoms with van der Waals surface area (Å²) < 4.78 is 4.96. The van der Waals surface area contributed by atoms with Crippen LogP contribution in [0.3, 0.4) is 0 Å². The van der Waals surface area contributed by atoms with Gasteiger partial charge in [0, 0.05) is 6.42 Å². The minimum atomic E-state index is -0.711. The SMILES string of the molecule is CCCCCCCCCCCCCCCCC1(O)CO1. The summed E-state index contributed by atoms with van der Waals surface area (Å²) in [6.45, 7) is 2.84. The molecular formula is C18H36O2. The minimum Gasteiger partial charge on any atom is -0.364 e. The Labute approximate surface area is 126 Å². The molecule has 2 heteroatoms. The van der Waals surface area contributed by atoms with E-state index in [1.807, 2.05) is 0 Å². The Kier molecular flexibility index (Phi) is 10.4. The molecule has 1 heterocycles. The topological polar surface area (TPSA) is 32.8 Å². The Balaban J connectivity index is 1.64. The molecular weight excluding hydrogens is 248 g/mol. The van der Waals surface area contributed by atoms with E-state index >= 15 is 0 Å². The summed E-state index contributed by atoms with van der Waals surface area (Å²) in [5, 5.41) is 9.50. The van der Waals surface area contributed by atoms with Crippen molar-refractivity contribution in [3.8, 4) is 0 Å². The highest BCUT2D eigenvalue weighted by atomic mass is 16.7. The maximum atomic E-state index is 9.50. The fourth-order valence-corrected chi connectivity index (χ4v) is 2.82. The summed E-state index contributed by atoms with van der Waals surface area (Å²) in [6, 6.07) is 0. The standard InChI is InChI=1S/C18H36O2/c1-2-3-4-5-6-7-8-9-10-11-12-13-14-15-16-18(19)17-20-18/h19H,2-17H2,1H3. The Morgan fingerprint density at radius 2 is 1.05 bits per heavy atom. The van der Waals surface area contributed by atoms with Crippen LogP contribution in [-0.2, 0) is 4.74 Å². The lowest BCUT2D eigenvalue weighted by Gasteiger charge is -2.04. The van der Waals surface area contributed by atoms with Crippen molar-refractivity contribution in [3.63, 3.8) is 0 Å². The molecule has 0 aliphatic carbocycles. The molecule has 1 atom stereocenters. The van der Waals surface area contributed by atoms with Crippen LogP contribution in [0.15, 0.2) is 0 Å². The first-order chi connectivity index (χ1) is 9.77. The second-order valence-corrected chi connectivity index (χ2v) is 6.58. The van der Waals surface area contributed by atoms with Gasteiger partial charge in [0.25, 0.3) is 0 Å². The highest BCUT2D eigenvalue weighted by Crippen LogP contribution is 2.29. The summed E-state index contributed by atoms with van der Waals surface area (Å²) in [6.07, 6.45) is 20.2. The Bertz CT molecular complexity index is 211. The van der Waals surface area contributed by atoms with E-state index in [1.165, 1.54) is 83.5 Å². The molecule has 1 fully saturated rings. The van der Waals surface area contributed by atoms with Gasteiger partial charge in [0.1, 0.15) is 6.61 Å². The predicted octanol–water partition coefficient (Wildman–Crippen LogP) is 5.58. The largest absolute Gasteiger partial charge is 0.364 e. The lowest BCUT2D eigenvalue weighted by Crippen LogP contribution is -2.07. The first-order valence-electron chi connectivity index (χ1n) is 9.13. The molecule has 2 nitrogen and oxygen atoms in total. The molecule has 1 rings (SSSR count). The van der Waals surface area contributed by atoms with Crippen molar-refractivity contribution in [1.82, 2.24) is 0 Å². The van der Waals surface area contributed by atoms with Crippen LogP contribution in [0.25, 0.3) is 0 Å². The summed E-state index contributed by atoms with van der Waals surface area (Å²) in [5.41, 5.74) is 0.